The van der Waals surface area contributed by atoms with Crippen molar-refractivity contribution >= 4 is 11.8 Å². The summed E-state index contributed by atoms with van der Waals surface area (Å²) in [5.74, 6) is 0.592. The molecule has 0 fully saturated rings. The minimum atomic E-state index is -0.373. The molecule has 0 atom stereocenters. The molecule has 0 aliphatic carbocycles. The fraction of sp³-hybridized carbons (Fsp3) is 0.150. The molecular formula is C20H19N3O4. The Kier molecular flexibility index (Phi) is 5.84. The van der Waals surface area contributed by atoms with E-state index in [1.807, 2.05) is 24.3 Å². The predicted molar refractivity (Wildman–Crippen MR) is 99.6 cm³/mol. The Morgan fingerprint density at radius 3 is 2.44 bits per heavy atom. The summed E-state index contributed by atoms with van der Waals surface area (Å²) in [7, 11) is 1.58. The third-order valence-electron chi connectivity index (χ3n) is 3.83. The van der Waals surface area contributed by atoms with Crippen molar-refractivity contribution in [3.63, 3.8) is 0 Å². The van der Waals surface area contributed by atoms with E-state index in [1.165, 1.54) is 0 Å². The van der Waals surface area contributed by atoms with Crippen molar-refractivity contribution in [3.8, 4) is 17.1 Å². The van der Waals surface area contributed by atoms with E-state index >= 15 is 0 Å². The van der Waals surface area contributed by atoms with Crippen molar-refractivity contribution in [2.45, 2.75) is 0 Å². The number of carbonyl (C=O) groups excluding carboxylic acids is 2. The van der Waals surface area contributed by atoms with Gasteiger partial charge in [-0.05, 0) is 24.3 Å². The van der Waals surface area contributed by atoms with Crippen molar-refractivity contribution in [3.05, 3.63) is 71.9 Å². The largest absolute Gasteiger partial charge is 0.497 e. The summed E-state index contributed by atoms with van der Waals surface area (Å²) in [6, 6.07) is 17.7. The van der Waals surface area contributed by atoms with Gasteiger partial charge in [0, 0.05) is 30.3 Å². The van der Waals surface area contributed by atoms with Gasteiger partial charge in [-0.25, -0.2) is 0 Å². The third kappa shape index (κ3) is 4.72. The number of carbonyl (C=O) groups is 2. The quantitative estimate of drug-likeness (QED) is 0.628. The van der Waals surface area contributed by atoms with Gasteiger partial charge in [0.25, 0.3) is 11.8 Å². The highest BCUT2D eigenvalue weighted by molar-refractivity contribution is 5.94. The van der Waals surface area contributed by atoms with Crippen LogP contribution in [0.1, 0.15) is 20.8 Å². The van der Waals surface area contributed by atoms with E-state index in [9.17, 15) is 9.59 Å². The van der Waals surface area contributed by atoms with E-state index in [4.69, 9.17) is 9.26 Å². The summed E-state index contributed by atoms with van der Waals surface area (Å²) in [6.07, 6.45) is 0. The van der Waals surface area contributed by atoms with E-state index in [-0.39, 0.29) is 24.1 Å². The van der Waals surface area contributed by atoms with E-state index in [0.717, 1.165) is 5.56 Å². The molecule has 0 unspecified atom stereocenters. The smallest absolute Gasteiger partial charge is 0.273 e. The molecule has 0 bridgehead atoms. The Bertz CT molecular complexity index is 922. The number of amides is 2. The van der Waals surface area contributed by atoms with E-state index in [1.54, 1.807) is 43.5 Å². The van der Waals surface area contributed by atoms with E-state index in [2.05, 4.69) is 15.8 Å². The summed E-state index contributed by atoms with van der Waals surface area (Å²) >= 11 is 0. The number of ether oxygens (including phenoxy) is 1. The second-order valence-corrected chi connectivity index (χ2v) is 5.69. The molecule has 7 heteroatoms. The van der Waals surface area contributed by atoms with Gasteiger partial charge in [0.2, 0.25) is 0 Å². The van der Waals surface area contributed by atoms with Crippen LogP contribution in [-0.2, 0) is 0 Å². The first-order valence-electron chi connectivity index (χ1n) is 8.40. The molecule has 1 heterocycles. The second-order valence-electron chi connectivity index (χ2n) is 5.69. The molecule has 0 aliphatic heterocycles. The lowest BCUT2D eigenvalue weighted by atomic mass is 10.1. The Balaban J connectivity index is 1.50. The van der Waals surface area contributed by atoms with Crippen LogP contribution in [0.2, 0.25) is 0 Å². The first kappa shape index (κ1) is 18.2. The Labute approximate surface area is 156 Å². The van der Waals surface area contributed by atoms with E-state index in [0.29, 0.717) is 23.6 Å². The molecule has 2 amide bonds. The van der Waals surface area contributed by atoms with Crippen molar-refractivity contribution in [2.75, 3.05) is 20.2 Å². The molecule has 0 radical (unpaired) electrons. The van der Waals surface area contributed by atoms with Gasteiger partial charge < -0.3 is 19.9 Å². The number of methoxy groups -OCH3 is 1. The number of nitrogens with one attached hydrogen (secondary N) is 2. The maximum absolute atomic E-state index is 12.2. The Morgan fingerprint density at radius 2 is 1.70 bits per heavy atom. The minimum Gasteiger partial charge on any atom is -0.497 e. The molecule has 3 rings (SSSR count). The van der Waals surface area contributed by atoms with Crippen molar-refractivity contribution in [2.24, 2.45) is 0 Å². The van der Waals surface area contributed by atoms with Crippen molar-refractivity contribution in [1.82, 2.24) is 15.8 Å². The van der Waals surface area contributed by atoms with Gasteiger partial charge in [-0.2, -0.15) is 0 Å². The number of hydrogen-bond acceptors (Lipinski definition) is 5. The second kappa shape index (κ2) is 8.66. The summed E-state index contributed by atoms with van der Waals surface area (Å²) < 4.78 is 10.4. The van der Waals surface area contributed by atoms with Crippen molar-refractivity contribution in [1.29, 1.82) is 0 Å². The van der Waals surface area contributed by atoms with Crippen LogP contribution >= 0.6 is 0 Å². The number of rotatable bonds is 7. The fourth-order valence-corrected chi connectivity index (χ4v) is 2.43. The Morgan fingerprint density at radius 1 is 0.963 bits per heavy atom. The maximum atomic E-state index is 12.2. The molecule has 27 heavy (non-hydrogen) atoms. The van der Waals surface area contributed by atoms with Crippen LogP contribution in [0.25, 0.3) is 11.3 Å². The lowest BCUT2D eigenvalue weighted by Gasteiger charge is -2.05. The topological polar surface area (TPSA) is 93.5 Å². The molecule has 3 aromatic rings. The van der Waals surface area contributed by atoms with Gasteiger partial charge >= 0.3 is 0 Å². The zero-order chi connectivity index (χ0) is 19.1. The van der Waals surface area contributed by atoms with Gasteiger partial charge in [-0.3, -0.25) is 9.59 Å². The number of hydrogen-bond donors (Lipinski definition) is 2. The fourth-order valence-electron chi connectivity index (χ4n) is 2.43. The van der Waals surface area contributed by atoms with Crippen LogP contribution < -0.4 is 15.4 Å². The van der Waals surface area contributed by atoms with Crippen LogP contribution in [-0.4, -0.2) is 37.2 Å². The van der Waals surface area contributed by atoms with Gasteiger partial charge in [0.15, 0.2) is 11.5 Å². The van der Waals surface area contributed by atoms with Gasteiger partial charge in [0.1, 0.15) is 5.75 Å². The zero-order valence-electron chi connectivity index (χ0n) is 14.8. The average Bonchev–Trinajstić information content (AvgIpc) is 3.22. The van der Waals surface area contributed by atoms with Gasteiger partial charge in [0.05, 0.1) is 7.11 Å². The zero-order valence-corrected chi connectivity index (χ0v) is 14.8. The van der Waals surface area contributed by atoms with Gasteiger partial charge in [-0.1, -0.05) is 35.5 Å². The average molecular weight is 365 g/mol. The molecule has 2 N–H and O–H groups in total. The van der Waals surface area contributed by atoms with Crippen LogP contribution in [0.5, 0.6) is 5.75 Å². The normalized spacial score (nSPS) is 10.3. The first-order chi connectivity index (χ1) is 13.2. The highest BCUT2D eigenvalue weighted by atomic mass is 16.5. The monoisotopic (exact) mass is 365 g/mol. The molecule has 0 spiro atoms. The number of benzene rings is 2. The van der Waals surface area contributed by atoms with Crippen molar-refractivity contribution < 1.29 is 18.8 Å². The number of aromatic nitrogens is 1. The molecule has 1 aromatic heterocycles. The Hall–Kier alpha value is -3.61. The molecule has 7 nitrogen and oxygen atoms in total. The minimum absolute atomic E-state index is 0.169. The first-order valence-corrected chi connectivity index (χ1v) is 8.40. The molecule has 0 aliphatic rings. The summed E-state index contributed by atoms with van der Waals surface area (Å²) in [6.45, 7) is 0.582. The molecule has 138 valence electrons. The predicted octanol–water partition coefficient (Wildman–Crippen LogP) is 2.51. The van der Waals surface area contributed by atoms with Crippen LogP contribution in [0, 0.1) is 0 Å². The molecule has 2 aromatic carbocycles. The van der Waals surface area contributed by atoms with Crippen LogP contribution in [0.3, 0.4) is 0 Å². The maximum Gasteiger partial charge on any atom is 0.273 e. The molecule has 0 saturated heterocycles. The third-order valence-corrected chi connectivity index (χ3v) is 3.83. The standard InChI is InChI=1S/C20H19N3O4/c1-26-16-9-5-8-15(12-16)18-13-17(23-27-18)20(25)22-11-10-21-19(24)14-6-3-2-4-7-14/h2-9,12-13H,10-11H2,1H3,(H,21,24)(H,22,25). The van der Waals surface area contributed by atoms with Crippen LogP contribution in [0.15, 0.2) is 65.2 Å². The molecule has 0 saturated carbocycles. The highest BCUT2D eigenvalue weighted by Crippen LogP contribution is 2.24. The van der Waals surface area contributed by atoms with Gasteiger partial charge in [-0.15, -0.1) is 0 Å². The molecular weight excluding hydrogens is 346 g/mol. The lowest BCUT2D eigenvalue weighted by Crippen LogP contribution is -2.34. The summed E-state index contributed by atoms with van der Waals surface area (Å²) in [5, 5.41) is 9.22. The SMILES string of the molecule is COc1cccc(-c2cc(C(=O)NCCNC(=O)c3ccccc3)no2)c1. The highest BCUT2D eigenvalue weighted by Gasteiger charge is 2.14. The number of nitrogens with zero attached hydrogens (tertiary/aromatic N) is 1. The summed E-state index contributed by atoms with van der Waals surface area (Å²) in [4.78, 5) is 24.1. The van der Waals surface area contributed by atoms with Crippen LogP contribution in [0.4, 0.5) is 0 Å². The summed E-state index contributed by atoms with van der Waals surface area (Å²) in [5.41, 5.74) is 1.50. The van der Waals surface area contributed by atoms with E-state index < -0.39 is 0 Å². The lowest BCUT2D eigenvalue weighted by molar-refractivity contribution is 0.0922.